The minimum atomic E-state index is -4.69. The molecule has 1 aromatic carbocycles. The van der Waals surface area contributed by atoms with Gasteiger partial charge in [-0.05, 0) is 6.07 Å². The number of phosphoric acid groups is 1. The fourth-order valence-corrected chi connectivity index (χ4v) is 1.58. The molecule has 10 nitrogen and oxygen atoms in total. The van der Waals surface area contributed by atoms with Crippen LogP contribution in [-0.2, 0) is 4.57 Å². The topological polar surface area (TPSA) is 183 Å². The zero-order valence-corrected chi connectivity index (χ0v) is 11.4. The average Bonchev–Trinajstić information content (AvgIpc) is 2.14. The Kier molecular flexibility index (Phi) is 7.25. The van der Waals surface area contributed by atoms with Gasteiger partial charge in [-0.15, -0.1) is 0 Å². The lowest BCUT2D eigenvalue weighted by Crippen LogP contribution is -2.10. The maximum absolute atomic E-state index is 10.7. The molecule has 0 aliphatic heterocycles. The molecule has 1 aromatic rings. The normalized spacial score (nSPS) is 9.89. The van der Waals surface area contributed by atoms with Crippen LogP contribution in [0, 0.1) is 10.1 Å². The van der Waals surface area contributed by atoms with E-state index in [1.165, 1.54) is 11.0 Å². The molecule has 0 aliphatic rings. The molecule has 0 saturated heterocycles. The number of nitro groups is 1. The van der Waals surface area contributed by atoms with Gasteiger partial charge in [0, 0.05) is 26.2 Å². The van der Waals surface area contributed by atoms with Gasteiger partial charge < -0.3 is 21.7 Å². The van der Waals surface area contributed by atoms with Crippen molar-refractivity contribution >= 4 is 19.2 Å². The monoisotopic (exact) mass is 296 g/mol. The van der Waals surface area contributed by atoms with Crippen LogP contribution >= 0.6 is 7.82 Å². The van der Waals surface area contributed by atoms with Crippen molar-refractivity contribution in [3.8, 4) is 5.75 Å². The summed E-state index contributed by atoms with van der Waals surface area (Å²) in [6.07, 6.45) is 0. The zero-order valence-electron chi connectivity index (χ0n) is 10.5. The number of hydrogen-bond acceptors (Lipinski definition) is 7. The van der Waals surface area contributed by atoms with E-state index >= 15 is 0 Å². The van der Waals surface area contributed by atoms with Crippen LogP contribution in [0.2, 0.25) is 0 Å². The molecule has 19 heavy (non-hydrogen) atoms. The molecule has 11 heteroatoms. The third kappa shape index (κ3) is 5.64. The fourth-order valence-electron chi connectivity index (χ4n) is 1.17. The molecule has 0 spiro atoms. The van der Waals surface area contributed by atoms with Gasteiger partial charge in [0.2, 0.25) is 0 Å². The van der Waals surface area contributed by atoms with Crippen LogP contribution in [0.25, 0.3) is 0 Å². The van der Waals surface area contributed by atoms with Crippen molar-refractivity contribution in [1.82, 2.24) is 12.3 Å². The third-order valence-corrected chi connectivity index (χ3v) is 2.29. The Morgan fingerprint density at radius 1 is 1.32 bits per heavy atom. The Morgan fingerprint density at radius 3 is 2.21 bits per heavy atom. The molecule has 0 amide bonds. The lowest BCUT2D eigenvalue weighted by atomic mass is 10.2. The van der Waals surface area contributed by atoms with Crippen LogP contribution in [0.15, 0.2) is 18.2 Å². The smallest absolute Gasteiger partial charge is 0.402 e. The van der Waals surface area contributed by atoms with E-state index in [9.17, 15) is 14.7 Å². The number of anilines is 1. The highest BCUT2D eigenvalue weighted by Gasteiger charge is 2.21. The van der Waals surface area contributed by atoms with Crippen molar-refractivity contribution in [1.29, 1.82) is 0 Å². The van der Waals surface area contributed by atoms with Crippen molar-refractivity contribution in [3.05, 3.63) is 28.3 Å². The molecule has 0 aliphatic carbocycles. The summed E-state index contributed by atoms with van der Waals surface area (Å²) in [5.41, 5.74) is 0.0225. The molecule has 0 atom stereocenters. The summed E-state index contributed by atoms with van der Waals surface area (Å²) < 4.78 is 15.1. The highest BCUT2D eigenvalue weighted by atomic mass is 31.2. The summed E-state index contributed by atoms with van der Waals surface area (Å²) in [7, 11) is -1.54. The van der Waals surface area contributed by atoms with E-state index in [-0.39, 0.29) is 29.4 Å². The molecular formula is C8H17N4O6P. The SMILES string of the molecule is CN(C)c1cc([N+](=O)[O-])ccc1OP(=O)(O)O.N.N. The van der Waals surface area contributed by atoms with Gasteiger partial charge >= 0.3 is 7.82 Å². The second kappa shape index (κ2) is 7.02. The van der Waals surface area contributed by atoms with Gasteiger partial charge in [0.15, 0.2) is 5.75 Å². The summed E-state index contributed by atoms with van der Waals surface area (Å²) in [6.45, 7) is 0. The molecule has 110 valence electrons. The van der Waals surface area contributed by atoms with E-state index in [2.05, 4.69) is 4.52 Å². The molecule has 0 unspecified atom stereocenters. The number of nitrogens with zero attached hydrogens (tertiary/aromatic N) is 2. The van der Waals surface area contributed by atoms with Gasteiger partial charge in [0.05, 0.1) is 10.6 Å². The highest BCUT2D eigenvalue weighted by molar-refractivity contribution is 7.46. The van der Waals surface area contributed by atoms with E-state index in [1.807, 2.05) is 0 Å². The van der Waals surface area contributed by atoms with Gasteiger partial charge in [-0.3, -0.25) is 19.9 Å². The average molecular weight is 296 g/mol. The maximum Gasteiger partial charge on any atom is 0.524 e. The summed E-state index contributed by atoms with van der Waals surface area (Å²) in [5.74, 6) is -0.117. The van der Waals surface area contributed by atoms with Crippen molar-refractivity contribution in [2.24, 2.45) is 0 Å². The Bertz CT molecular complexity index is 488. The minimum Gasteiger partial charge on any atom is -0.402 e. The van der Waals surface area contributed by atoms with E-state index in [1.54, 1.807) is 14.1 Å². The van der Waals surface area contributed by atoms with Crippen LogP contribution in [0.5, 0.6) is 5.75 Å². The molecule has 0 fully saturated rings. The number of non-ortho nitro benzene ring substituents is 1. The second-order valence-electron chi connectivity index (χ2n) is 3.39. The molecule has 0 radical (unpaired) electrons. The molecule has 0 bridgehead atoms. The lowest BCUT2D eigenvalue weighted by Gasteiger charge is -2.17. The Hall–Kier alpha value is -1.71. The molecule has 0 aromatic heterocycles. The van der Waals surface area contributed by atoms with Gasteiger partial charge in [-0.2, -0.15) is 0 Å². The van der Waals surface area contributed by atoms with Gasteiger partial charge in [0.25, 0.3) is 5.69 Å². The van der Waals surface area contributed by atoms with Crippen molar-refractivity contribution in [2.45, 2.75) is 0 Å². The largest absolute Gasteiger partial charge is 0.524 e. The number of phosphoric ester groups is 1. The molecule has 8 N–H and O–H groups in total. The van der Waals surface area contributed by atoms with E-state index < -0.39 is 12.7 Å². The summed E-state index contributed by atoms with van der Waals surface area (Å²) in [6, 6.07) is 3.43. The summed E-state index contributed by atoms with van der Waals surface area (Å²) in [4.78, 5) is 28.8. The molecule has 0 saturated carbocycles. The first-order chi connectivity index (χ1) is 7.70. The first-order valence-corrected chi connectivity index (χ1v) is 5.94. The van der Waals surface area contributed by atoms with Crippen molar-refractivity contribution < 1.29 is 23.8 Å². The molecular weight excluding hydrogens is 279 g/mol. The molecule has 1 rings (SSSR count). The second-order valence-corrected chi connectivity index (χ2v) is 4.55. The van der Waals surface area contributed by atoms with E-state index in [0.29, 0.717) is 0 Å². The number of hydrogen-bond donors (Lipinski definition) is 4. The van der Waals surface area contributed by atoms with E-state index in [0.717, 1.165) is 12.1 Å². The van der Waals surface area contributed by atoms with E-state index in [4.69, 9.17) is 9.79 Å². The first kappa shape index (κ1) is 19.6. The van der Waals surface area contributed by atoms with Crippen molar-refractivity contribution in [3.63, 3.8) is 0 Å². The highest BCUT2D eigenvalue weighted by Crippen LogP contribution is 2.42. The van der Waals surface area contributed by atoms with Gasteiger partial charge in [0.1, 0.15) is 0 Å². The molecule has 0 heterocycles. The third-order valence-electron chi connectivity index (χ3n) is 1.85. The standard InChI is InChI=1S/C8H11N2O6P.2H3N/c1-9(2)7-5-6(10(11)12)3-4-8(7)16-17(13,14)15;;/h3-5H,1-2H3,(H2,13,14,15);2*1H3. The van der Waals surface area contributed by atoms with Crippen molar-refractivity contribution in [2.75, 3.05) is 19.0 Å². The van der Waals surface area contributed by atoms with Gasteiger partial charge in [-0.1, -0.05) is 0 Å². The number of benzene rings is 1. The van der Waals surface area contributed by atoms with Crippen LogP contribution in [0.3, 0.4) is 0 Å². The first-order valence-electron chi connectivity index (χ1n) is 4.41. The lowest BCUT2D eigenvalue weighted by molar-refractivity contribution is -0.384. The summed E-state index contributed by atoms with van der Waals surface area (Å²) in [5, 5.41) is 10.6. The Labute approximate surface area is 109 Å². The Morgan fingerprint density at radius 2 is 1.84 bits per heavy atom. The number of rotatable bonds is 4. The van der Waals surface area contributed by atoms with Crippen LogP contribution in [0.1, 0.15) is 0 Å². The van der Waals surface area contributed by atoms with Crippen LogP contribution in [0.4, 0.5) is 11.4 Å². The minimum absolute atomic E-state index is 0. The predicted octanol–water partition coefficient (Wildman–Crippen LogP) is 1.46. The Balaban J connectivity index is 0. The van der Waals surface area contributed by atoms with Crippen LogP contribution < -0.4 is 21.7 Å². The maximum atomic E-state index is 10.7. The zero-order chi connectivity index (χ0) is 13.2. The van der Waals surface area contributed by atoms with Crippen LogP contribution in [-0.4, -0.2) is 28.8 Å². The predicted molar refractivity (Wildman–Crippen MR) is 70.1 cm³/mol. The quantitative estimate of drug-likeness (QED) is 0.362. The summed E-state index contributed by atoms with van der Waals surface area (Å²) >= 11 is 0. The number of nitro benzene ring substituents is 1. The fraction of sp³-hybridized carbons (Fsp3) is 0.250. The van der Waals surface area contributed by atoms with Gasteiger partial charge in [-0.25, -0.2) is 4.57 Å².